The normalized spacial score (nSPS) is 26.9. The SMILES string of the molecule is O=C1CCC(CCCOC2CCC(CC=C(F)F)CC2)CC1. The highest BCUT2D eigenvalue weighted by Gasteiger charge is 2.22. The molecule has 2 aliphatic carbocycles. The Morgan fingerprint density at radius 1 is 1.05 bits per heavy atom. The Morgan fingerprint density at radius 2 is 1.73 bits per heavy atom. The average molecular weight is 314 g/mol. The first kappa shape index (κ1) is 17.6. The lowest BCUT2D eigenvalue weighted by atomic mass is 9.85. The number of rotatable bonds is 7. The molecule has 0 aliphatic heterocycles. The second-order valence-electron chi connectivity index (χ2n) is 6.87. The standard InChI is InChI=1S/C18H28F2O2/c19-18(20)12-7-15-5-10-17(11-6-15)22-13-1-2-14-3-8-16(21)9-4-14/h12,14-15,17H,1-11,13H2. The van der Waals surface area contributed by atoms with Crippen molar-refractivity contribution in [3.63, 3.8) is 0 Å². The number of halogens is 2. The second-order valence-corrected chi connectivity index (χ2v) is 6.87. The maximum atomic E-state index is 12.1. The van der Waals surface area contributed by atoms with Gasteiger partial charge in [0.15, 0.2) is 0 Å². The molecule has 2 nitrogen and oxygen atoms in total. The fraction of sp³-hybridized carbons (Fsp3) is 0.833. The maximum absolute atomic E-state index is 12.1. The number of carbonyl (C=O) groups excluding carboxylic acids is 1. The quantitative estimate of drug-likeness (QED) is 0.598. The van der Waals surface area contributed by atoms with Crippen molar-refractivity contribution >= 4 is 5.78 Å². The van der Waals surface area contributed by atoms with Crippen LogP contribution in [0, 0.1) is 11.8 Å². The van der Waals surface area contributed by atoms with E-state index in [4.69, 9.17) is 4.74 Å². The molecule has 126 valence electrons. The van der Waals surface area contributed by atoms with E-state index in [1.807, 2.05) is 0 Å². The molecule has 0 unspecified atom stereocenters. The smallest absolute Gasteiger partial charge is 0.266 e. The number of Topliss-reactive ketones (excluding diaryl/α,β-unsaturated/α-hetero) is 1. The number of ketones is 1. The van der Waals surface area contributed by atoms with E-state index in [1.54, 1.807) is 0 Å². The maximum Gasteiger partial charge on any atom is 0.266 e. The van der Waals surface area contributed by atoms with E-state index in [1.165, 1.54) is 6.42 Å². The van der Waals surface area contributed by atoms with Gasteiger partial charge in [-0.15, -0.1) is 0 Å². The van der Waals surface area contributed by atoms with Crippen LogP contribution in [0.2, 0.25) is 0 Å². The number of ether oxygens (including phenoxy) is 1. The van der Waals surface area contributed by atoms with Gasteiger partial charge in [0.25, 0.3) is 6.08 Å². The summed E-state index contributed by atoms with van der Waals surface area (Å²) in [7, 11) is 0. The van der Waals surface area contributed by atoms with Gasteiger partial charge in [-0.05, 0) is 75.7 Å². The highest BCUT2D eigenvalue weighted by atomic mass is 19.3. The molecule has 0 heterocycles. The summed E-state index contributed by atoms with van der Waals surface area (Å²) in [5.41, 5.74) is 0. The van der Waals surface area contributed by atoms with Crippen LogP contribution < -0.4 is 0 Å². The minimum Gasteiger partial charge on any atom is -0.378 e. The molecule has 2 fully saturated rings. The number of hydrogen-bond donors (Lipinski definition) is 0. The van der Waals surface area contributed by atoms with Gasteiger partial charge in [-0.2, -0.15) is 8.78 Å². The lowest BCUT2D eigenvalue weighted by molar-refractivity contribution is -0.121. The molecular formula is C18H28F2O2. The molecule has 0 amide bonds. The van der Waals surface area contributed by atoms with Crippen LogP contribution in [0.3, 0.4) is 0 Å². The summed E-state index contributed by atoms with van der Waals surface area (Å²) in [5, 5.41) is 0. The van der Waals surface area contributed by atoms with Crippen LogP contribution in [-0.4, -0.2) is 18.5 Å². The van der Waals surface area contributed by atoms with Gasteiger partial charge in [0.2, 0.25) is 0 Å². The van der Waals surface area contributed by atoms with Crippen molar-refractivity contribution in [2.24, 2.45) is 11.8 Å². The molecule has 0 aromatic carbocycles. The predicted molar refractivity (Wildman–Crippen MR) is 82.8 cm³/mol. The fourth-order valence-corrected chi connectivity index (χ4v) is 3.70. The lowest BCUT2D eigenvalue weighted by Gasteiger charge is -2.28. The molecule has 0 aromatic rings. The third-order valence-corrected chi connectivity index (χ3v) is 5.17. The molecule has 0 aromatic heterocycles. The van der Waals surface area contributed by atoms with E-state index in [0.29, 0.717) is 30.1 Å². The molecule has 2 rings (SSSR count). The van der Waals surface area contributed by atoms with Crippen molar-refractivity contribution in [1.29, 1.82) is 0 Å². The van der Waals surface area contributed by atoms with E-state index in [0.717, 1.165) is 70.5 Å². The van der Waals surface area contributed by atoms with Crippen molar-refractivity contribution in [1.82, 2.24) is 0 Å². The Bertz CT molecular complexity index is 359. The summed E-state index contributed by atoms with van der Waals surface area (Å²) in [6, 6.07) is 0. The highest BCUT2D eigenvalue weighted by Crippen LogP contribution is 2.30. The molecule has 0 bridgehead atoms. The third kappa shape index (κ3) is 6.55. The molecule has 0 radical (unpaired) electrons. The summed E-state index contributed by atoms with van der Waals surface area (Å²) < 4.78 is 30.1. The summed E-state index contributed by atoms with van der Waals surface area (Å²) in [6.07, 6.45) is 10.2. The van der Waals surface area contributed by atoms with E-state index in [9.17, 15) is 13.6 Å². The molecule has 0 atom stereocenters. The third-order valence-electron chi connectivity index (χ3n) is 5.17. The van der Waals surface area contributed by atoms with Crippen molar-refractivity contribution in [3.8, 4) is 0 Å². The van der Waals surface area contributed by atoms with Crippen molar-refractivity contribution in [2.75, 3.05) is 6.61 Å². The van der Waals surface area contributed by atoms with Crippen LogP contribution in [0.15, 0.2) is 12.2 Å². The topological polar surface area (TPSA) is 26.3 Å². The van der Waals surface area contributed by atoms with Gasteiger partial charge in [0.05, 0.1) is 6.10 Å². The zero-order valence-corrected chi connectivity index (χ0v) is 13.4. The van der Waals surface area contributed by atoms with Crippen LogP contribution in [0.4, 0.5) is 8.78 Å². The predicted octanol–water partition coefficient (Wildman–Crippen LogP) is 5.27. The van der Waals surface area contributed by atoms with Crippen molar-refractivity contribution in [3.05, 3.63) is 12.2 Å². The molecule has 22 heavy (non-hydrogen) atoms. The van der Waals surface area contributed by atoms with Crippen LogP contribution in [0.1, 0.15) is 70.6 Å². The van der Waals surface area contributed by atoms with Gasteiger partial charge >= 0.3 is 0 Å². The lowest BCUT2D eigenvalue weighted by Crippen LogP contribution is -2.22. The monoisotopic (exact) mass is 314 g/mol. The Kier molecular flexibility index (Phi) is 7.50. The van der Waals surface area contributed by atoms with Crippen LogP contribution in [0.25, 0.3) is 0 Å². The van der Waals surface area contributed by atoms with E-state index >= 15 is 0 Å². The zero-order valence-electron chi connectivity index (χ0n) is 13.4. The van der Waals surface area contributed by atoms with E-state index < -0.39 is 6.08 Å². The van der Waals surface area contributed by atoms with Gasteiger partial charge in [0.1, 0.15) is 5.78 Å². The molecule has 0 spiro atoms. The van der Waals surface area contributed by atoms with Crippen molar-refractivity contribution < 1.29 is 18.3 Å². The second kappa shape index (κ2) is 9.39. The minimum absolute atomic E-state index is 0.323. The molecule has 2 saturated carbocycles. The van der Waals surface area contributed by atoms with Gasteiger partial charge < -0.3 is 4.74 Å². The molecule has 4 heteroatoms. The van der Waals surface area contributed by atoms with Crippen LogP contribution in [-0.2, 0) is 9.53 Å². The summed E-state index contributed by atoms with van der Waals surface area (Å²) in [4.78, 5) is 11.2. The van der Waals surface area contributed by atoms with Crippen LogP contribution in [0.5, 0.6) is 0 Å². The zero-order chi connectivity index (χ0) is 15.8. The molecule has 2 aliphatic rings. The van der Waals surface area contributed by atoms with Crippen molar-refractivity contribution in [2.45, 2.75) is 76.7 Å². The first-order valence-corrected chi connectivity index (χ1v) is 8.78. The van der Waals surface area contributed by atoms with E-state index in [2.05, 4.69) is 0 Å². The van der Waals surface area contributed by atoms with Gasteiger partial charge in [-0.25, -0.2) is 0 Å². The number of carbonyl (C=O) groups is 1. The molecular weight excluding hydrogens is 286 g/mol. The molecule has 0 saturated heterocycles. The number of allylic oxidation sites excluding steroid dienone is 1. The van der Waals surface area contributed by atoms with Crippen LogP contribution >= 0.6 is 0 Å². The Morgan fingerprint density at radius 3 is 2.36 bits per heavy atom. The highest BCUT2D eigenvalue weighted by molar-refractivity contribution is 5.78. The number of hydrogen-bond acceptors (Lipinski definition) is 2. The Hall–Kier alpha value is -0.770. The summed E-state index contributed by atoms with van der Waals surface area (Å²) in [6.45, 7) is 0.804. The van der Waals surface area contributed by atoms with E-state index in [-0.39, 0.29) is 0 Å². The Balaban J connectivity index is 1.50. The first-order valence-electron chi connectivity index (χ1n) is 8.78. The first-order chi connectivity index (χ1) is 10.6. The van der Waals surface area contributed by atoms with Gasteiger partial charge in [-0.3, -0.25) is 4.79 Å². The summed E-state index contributed by atoms with van der Waals surface area (Å²) >= 11 is 0. The minimum atomic E-state index is -1.55. The van der Waals surface area contributed by atoms with Gasteiger partial charge in [0, 0.05) is 19.4 Å². The van der Waals surface area contributed by atoms with Gasteiger partial charge in [-0.1, -0.05) is 0 Å². The Labute approximate surface area is 132 Å². The fourth-order valence-electron chi connectivity index (χ4n) is 3.70. The largest absolute Gasteiger partial charge is 0.378 e. The molecule has 0 N–H and O–H groups in total. The average Bonchev–Trinajstić information content (AvgIpc) is 2.52. The summed E-state index contributed by atoms with van der Waals surface area (Å²) in [5.74, 6) is 1.53.